The van der Waals surface area contributed by atoms with Crippen molar-refractivity contribution in [3.63, 3.8) is 0 Å². The molecule has 0 aliphatic carbocycles. The van der Waals surface area contributed by atoms with E-state index in [4.69, 9.17) is 5.73 Å². The first-order valence-corrected chi connectivity index (χ1v) is 4.79. The van der Waals surface area contributed by atoms with Crippen LogP contribution >= 0.6 is 12.6 Å². The highest BCUT2D eigenvalue weighted by Crippen LogP contribution is 1.99. The highest BCUT2D eigenvalue weighted by Gasteiger charge is 1.96. The highest BCUT2D eigenvalue weighted by molar-refractivity contribution is 7.96. The summed E-state index contributed by atoms with van der Waals surface area (Å²) in [6.07, 6.45) is 0. The quantitative estimate of drug-likeness (QED) is 0.241. The van der Waals surface area contributed by atoms with Crippen molar-refractivity contribution in [2.75, 3.05) is 0 Å². The average Bonchev–Trinajstić information content (AvgIpc) is 2.27. The van der Waals surface area contributed by atoms with Crippen LogP contribution in [-0.2, 0) is 16.4 Å². The number of carbonyl (C=O) groups is 1. The molecule has 0 aliphatic rings. The Morgan fingerprint density at radius 1 is 1.44 bits per heavy atom. The molecule has 0 saturated heterocycles. The van der Waals surface area contributed by atoms with Gasteiger partial charge >= 0.3 is 11.3 Å². The standard InChI is InChI=1S/C9H11N3O3S/c10-8(14-15-12-9(13)16)11-6-7-4-2-1-3-5-7/h1-5H,6H2,(H2,10,11)(H2,12,13,16). The molecular formula is C9H11N3O3S. The summed E-state index contributed by atoms with van der Waals surface area (Å²) in [5.41, 5.74) is 8.13. The number of hydroxylamine groups is 1. The SMILES string of the molecule is NC(=NCc1ccccc1)OONC(=O)S. The minimum absolute atomic E-state index is 0.189. The number of carbonyl (C=O) groups excluding carboxylic acids is 1. The van der Waals surface area contributed by atoms with Crippen LogP contribution in [-0.4, -0.2) is 11.3 Å². The first kappa shape index (κ1) is 12.3. The Morgan fingerprint density at radius 3 is 2.75 bits per heavy atom. The summed E-state index contributed by atoms with van der Waals surface area (Å²) in [7, 11) is 0. The molecule has 3 N–H and O–H groups in total. The predicted octanol–water partition coefficient (Wildman–Crippen LogP) is 1.00. The van der Waals surface area contributed by atoms with Gasteiger partial charge in [0.25, 0.3) is 0 Å². The molecule has 0 atom stereocenters. The maximum atomic E-state index is 10.3. The van der Waals surface area contributed by atoms with Gasteiger partial charge < -0.3 is 5.73 Å². The van der Waals surface area contributed by atoms with Gasteiger partial charge in [-0.1, -0.05) is 47.9 Å². The van der Waals surface area contributed by atoms with Crippen molar-refractivity contribution >= 4 is 23.9 Å². The van der Waals surface area contributed by atoms with Crippen LogP contribution < -0.4 is 11.2 Å². The van der Waals surface area contributed by atoms with Gasteiger partial charge in [0.15, 0.2) is 0 Å². The fourth-order valence-electron chi connectivity index (χ4n) is 0.878. The molecule has 86 valence electrons. The Balaban J connectivity index is 2.31. The molecule has 0 unspecified atom stereocenters. The number of benzene rings is 1. The summed E-state index contributed by atoms with van der Waals surface area (Å²) in [5.74, 6) is 0. The lowest BCUT2D eigenvalue weighted by Crippen LogP contribution is -2.24. The molecule has 0 fully saturated rings. The van der Waals surface area contributed by atoms with Gasteiger partial charge in [-0.15, -0.1) is 0 Å². The van der Waals surface area contributed by atoms with Crippen LogP contribution in [0.15, 0.2) is 35.3 Å². The Kier molecular flexibility index (Phi) is 5.17. The van der Waals surface area contributed by atoms with Crippen molar-refractivity contribution in [3.8, 4) is 0 Å². The summed E-state index contributed by atoms with van der Waals surface area (Å²) >= 11 is 3.37. The molecule has 0 aliphatic heterocycles. The van der Waals surface area contributed by atoms with E-state index in [9.17, 15) is 4.79 Å². The molecule has 1 aromatic rings. The molecule has 0 radical (unpaired) electrons. The summed E-state index contributed by atoms with van der Waals surface area (Å²) < 4.78 is 0. The number of amides is 1. The topological polar surface area (TPSA) is 85.9 Å². The van der Waals surface area contributed by atoms with Crippen LogP contribution in [0.25, 0.3) is 0 Å². The Hall–Kier alpha value is -1.73. The van der Waals surface area contributed by atoms with Gasteiger partial charge in [0.1, 0.15) is 0 Å². The van der Waals surface area contributed by atoms with Gasteiger partial charge in [0.05, 0.1) is 6.54 Å². The second kappa shape index (κ2) is 6.70. The maximum absolute atomic E-state index is 10.3. The molecule has 1 aromatic carbocycles. The number of hydrogen-bond acceptors (Lipinski definition) is 4. The van der Waals surface area contributed by atoms with E-state index in [-0.39, 0.29) is 6.02 Å². The second-order valence-electron chi connectivity index (χ2n) is 2.71. The number of amidine groups is 1. The van der Waals surface area contributed by atoms with E-state index >= 15 is 0 Å². The fraction of sp³-hybridized carbons (Fsp3) is 0.111. The number of nitrogens with two attached hydrogens (primary N) is 1. The van der Waals surface area contributed by atoms with Gasteiger partial charge in [-0.3, -0.25) is 9.68 Å². The van der Waals surface area contributed by atoms with Crippen molar-refractivity contribution in [2.45, 2.75) is 6.54 Å². The lowest BCUT2D eigenvalue weighted by molar-refractivity contribution is -0.256. The molecule has 16 heavy (non-hydrogen) atoms. The van der Waals surface area contributed by atoms with Crippen LogP contribution in [0.3, 0.4) is 0 Å². The van der Waals surface area contributed by atoms with Crippen LogP contribution in [0.5, 0.6) is 0 Å². The smallest absolute Gasteiger partial charge is 0.323 e. The number of nitrogens with zero attached hydrogens (tertiary/aromatic N) is 1. The predicted molar refractivity (Wildman–Crippen MR) is 61.5 cm³/mol. The molecule has 0 heterocycles. The Bertz CT molecular complexity index is 370. The first-order chi connectivity index (χ1) is 7.68. The van der Waals surface area contributed by atoms with E-state index in [1.165, 1.54) is 0 Å². The van der Waals surface area contributed by atoms with E-state index < -0.39 is 5.24 Å². The van der Waals surface area contributed by atoms with Crippen LogP contribution in [0, 0.1) is 0 Å². The average molecular weight is 241 g/mol. The third-order valence-electron chi connectivity index (χ3n) is 1.52. The molecule has 6 nitrogen and oxygen atoms in total. The fourth-order valence-corrected chi connectivity index (χ4v) is 0.915. The van der Waals surface area contributed by atoms with E-state index in [1.54, 1.807) is 0 Å². The normalized spacial score (nSPS) is 10.9. The lowest BCUT2D eigenvalue weighted by Gasteiger charge is -2.02. The summed E-state index contributed by atoms with van der Waals surface area (Å²) in [4.78, 5) is 22.8. The summed E-state index contributed by atoms with van der Waals surface area (Å²) in [6, 6.07) is 9.28. The molecule has 1 rings (SSSR count). The van der Waals surface area contributed by atoms with E-state index in [2.05, 4.69) is 27.5 Å². The van der Waals surface area contributed by atoms with Gasteiger partial charge in [-0.05, 0) is 5.56 Å². The van der Waals surface area contributed by atoms with Crippen molar-refractivity contribution in [1.82, 2.24) is 5.48 Å². The van der Waals surface area contributed by atoms with Crippen molar-refractivity contribution in [3.05, 3.63) is 35.9 Å². The zero-order valence-corrected chi connectivity index (χ0v) is 9.18. The maximum Gasteiger partial charge on any atom is 0.323 e. The Morgan fingerprint density at radius 2 is 2.12 bits per heavy atom. The molecular weight excluding hydrogens is 230 g/mol. The molecule has 0 bridgehead atoms. The third-order valence-corrected chi connectivity index (χ3v) is 1.61. The third kappa shape index (κ3) is 5.23. The number of nitrogens with one attached hydrogen (secondary N) is 1. The van der Waals surface area contributed by atoms with Gasteiger partial charge in [-0.2, -0.15) is 5.48 Å². The number of thiol groups is 1. The minimum atomic E-state index is -0.698. The molecule has 7 heteroatoms. The number of hydrogen-bond donors (Lipinski definition) is 3. The minimum Gasteiger partial charge on any atom is -0.351 e. The monoisotopic (exact) mass is 241 g/mol. The summed E-state index contributed by atoms with van der Waals surface area (Å²) in [5, 5.41) is -0.698. The van der Waals surface area contributed by atoms with Gasteiger partial charge in [-0.25, -0.2) is 4.99 Å². The van der Waals surface area contributed by atoms with Crippen molar-refractivity contribution in [1.29, 1.82) is 0 Å². The van der Waals surface area contributed by atoms with Gasteiger partial charge in [0, 0.05) is 0 Å². The molecule has 0 spiro atoms. The van der Waals surface area contributed by atoms with E-state index in [0.717, 1.165) is 5.56 Å². The number of rotatable bonds is 4. The zero-order valence-electron chi connectivity index (χ0n) is 8.29. The molecule has 0 aromatic heterocycles. The highest BCUT2D eigenvalue weighted by atomic mass is 32.1. The first-order valence-electron chi connectivity index (χ1n) is 4.35. The lowest BCUT2D eigenvalue weighted by atomic mass is 10.2. The Labute approximate surface area is 97.7 Å². The molecule has 1 amide bonds. The second-order valence-corrected chi connectivity index (χ2v) is 3.12. The van der Waals surface area contributed by atoms with E-state index in [0.29, 0.717) is 6.54 Å². The zero-order chi connectivity index (χ0) is 11.8. The molecule has 0 saturated carbocycles. The van der Waals surface area contributed by atoms with E-state index in [1.807, 2.05) is 35.8 Å². The van der Waals surface area contributed by atoms with Crippen LogP contribution in [0.4, 0.5) is 4.79 Å². The van der Waals surface area contributed by atoms with Gasteiger partial charge in [0.2, 0.25) is 0 Å². The summed E-state index contributed by atoms with van der Waals surface area (Å²) in [6.45, 7) is 0.366. The number of aliphatic imine (C=N–C) groups is 1. The van der Waals surface area contributed by atoms with Crippen LogP contribution in [0.1, 0.15) is 5.56 Å². The largest absolute Gasteiger partial charge is 0.351 e. The van der Waals surface area contributed by atoms with Crippen molar-refractivity contribution in [2.24, 2.45) is 10.7 Å². The van der Waals surface area contributed by atoms with Crippen LogP contribution in [0.2, 0.25) is 0 Å². The van der Waals surface area contributed by atoms with Crippen molar-refractivity contribution < 1.29 is 14.7 Å².